The molecule has 1 heterocycles. The summed E-state index contributed by atoms with van der Waals surface area (Å²) in [5, 5.41) is 20.9. The first-order valence-electron chi connectivity index (χ1n) is 11.3. The van der Waals surface area contributed by atoms with E-state index in [1.54, 1.807) is 36.4 Å². The van der Waals surface area contributed by atoms with Gasteiger partial charge < -0.3 is 19.8 Å². The number of ketones is 1. The number of rotatable bonds is 8. The van der Waals surface area contributed by atoms with Crippen LogP contribution in [0, 0.1) is 0 Å². The number of likely N-dealkylation sites (tertiary alicyclic amines) is 1. The Morgan fingerprint density at radius 2 is 1.62 bits per heavy atom. The number of aliphatic hydroxyl groups excluding tert-OH is 1. The molecule has 34 heavy (non-hydrogen) atoms. The van der Waals surface area contributed by atoms with E-state index in [0.717, 1.165) is 12.0 Å². The molecule has 1 unspecified atom stereocenters. The van der Waals surface area contributed by atoms with Gasteiger partial charge in [-0.1, -0.05) is 49.4 Å². The van der Waals surface area contributed by atoms with Crippen molar-refractivity contribution in [2.45, 2.75) is 25.8 Å². The third-order valence-electron chi connectivity index (χ3n) is 5.83. The van der Waals surface area contributed by atoms with Crippen LogP contribution in [0.15, 0.2) is 84.4 Å². The van der Waals surface area contributed by atoms with Crippen LogP contribution in [0.3, 0.4) is 0 Å². The van der Waals surface area contributed by atoms with Gasteiger partial charge in [-0.2, -0.15) is 0 Å². The molecule has 1 amide bonds. The molecule has 1 aliphatic rings. The Morgan fingerprint density at radius 3 is 2.26 bits per heavy atom. The minimum absolute atomic E-state index is 0.0333. The lowest BCUT2D eigenvalue weighted by Crippen LogP contribution is -2.31. The molecule has 174 valence electrons. The largest absolute Gasteiger partial charge is 0.508 e. The highest BCUT2D eigenvalue weighted by atomic mass is 16.5. The van der Waals surface area contributed by atoms with E-state index in [1.165, 1.54) is 17.0 Å². The van der Waals surface area contributed by atoms with Gasteiger partial charge in [-0.05, 0) is 60.4 Å². The monoisotopic (exact) mass is 457 g/mol. The Bertz CT molecular complexity index is 1180. The zero-order chi connectivity index (χ0) is 24.1. The van der Waals surface area contributed by atoms with Gasteiger partial charge in [0, 0.05) is 12.1 Å². The summed E-state index contributed by atoms with van der Waals surface area (Å²) in [6, 6.07) is 22.1. The van der Waals surface area contributed by atoms with Crippen LogP contribution in [0.2, 0.25) is 0 Å². The van der Waals surface area contributed by atoms with Gasteiger partial charge in [0.15, 0.2) is 0 Å². The first-order valence-corrected chi connectivity index (χ1v) is 11.3. The number of aromatic hydroxyl groups is 1. The number of amides is 1. The average Bonchev–Trinajstić information content (AvgIpc) is 3.12. The molecule has 0 aliphatic carbocycles. The maximum atomic E-state index is 13.1. The zero-order valence-corrected chi connectivity index (χ0v) is 19.0. The van der Waals surface area contributed by atoms with Gasteiger partial charge in [-0.3, -0.25) is 9.59 Å². The summed E-state index contributed by atoms with van der Waals surface area (Å²) in [5.74, 6) is -0.876. The van der Waals surface area contributed by atoms with E-state index in [1.807, 2.05) is 37.3 Å². The lowest BCUT2D eigenvalue weighted by molar-refractivity contribution is -0.139. The summed E-state index contributed by atoms with van der Waals surface area (Å²) < 4.78 is 5.60. The van der Waals surface area contributed by atoms with Crippen molar-refractivity contribution >= 4 is 17.4 Å². The standard InChI is InChI=1S/C28H27NO5/c1-2-18-34-23-14-10-21(11-15-23)26(31)24-25(20-8-12-22(30)13-9-20)29(28(33)27(24)32)17-16-19-6-4-3-5-7-19/h3-15,25,30-31H,2,16-18H2,1H3/b26-24+. The molecule has 0 bridgehead atoms. The second kappa shape index (κ2) is 10.3. The van der Waals surface area contributed by atoms with Crippen molar-refractivity contribution in [3.05, 3.63) is 101 Å². The van der Waals surface area contributed by atoms with Crippen molar-refractivity contribution in [1.82, 2.24) is 4.90 Å². The lowest BCUT2D eigenvalue weighted by atomic mass is 9.95. The zero-order valence-electron chi connectivity index (χ0n) is 19.0. The number of ether oxygens (including phenoxy) is 1. The molecule has 1 fully saturated rings. The van der Waals surface area contributed by atoms with Crippen molar-refractivity contribution in [2.24, 2.45) is 0 Å². The van der Waals surface area contributed by atoms with Gasteiger partial charge in [0.05, 0.1) is 18.2 Å². The van der Waals surface area contributed by atoms with E-state index in [4.69, 9.17) is 4.74 Å². The van der Waals surface area contributed by atoms with Gasteiger partial charge in [0.1, 0.15) is 17.3 Å². The predicted octanol–water partition coefficient (Wildman–Crippen LogP) is 4.85. The quantitative estimate of drug-likeness (QED) is 0.287. The van der Waals surface area contributed by atoms with Gasteiger partial charge in [0.2, 0.25) is 0 Å². The molecule has 1 aliphatic heterocycles. The summed E-state index contributed by atoms with van der Waals surface area (Å²) in [7, 11) is 0. The molecule has 1 atom stereocenters. The summed E-state index contributed by atoms with van der Waals surface area (Å²) in [6.45, 7) is 2.90. The van der Waals surface area contributed by atoms with Crippen LogP contribution in [-0.4, -0.2) is 40.0 Å². The summed E-state index contributed by atoms with van der Waals surface area (Å²) in [5.41, 5.74) is 2.13. The first kappa shape index (κ1) is 23.1. The molecule has 3 aromatic rings. The Morgan fingerprint density at radius 1 is 0.941 bits per heavy atom. The van der Waals surface area contributed by atoms with Crippen molar-refractivity contribution < 1.29 is 24.5 Å². The first-order chi connectivity index (χ1) is 16.5. The minimum Gasteiger partial charge on any atom is -0.508 e. The number of phenols is 1. The number of carbonyl (C=O) groups excluding carboxylic acids is 2. The lowest BCUT2D eigenvalue weighted by Gasteiger charge is -2.25. The van der Waals surface area contributed by atoms with Crippen LogP contribution < -0.4 is 4.74 Å². The molecule has 0 aromatic heterocycles. The maximum Gasteiger partial charge on any atom is 0.295 e. The average molecular weight is 458 g/mol. The van der Waals surface area contributed by atoms with Crippen molar-refractivity contribution in [3.8, 4) is 11.5 Å². The summed E-state index contributed by atoms with van der Waals surface area (Å²) in [4.78, 5) is 27.7. The third-order valence-corrected chi connectivity index (χ3v) is 5.83. The van der Waals surface area contributed by atoms with E-state index >= 15 is 0 Å². The molecule has 4 rings (SSSR count). The van der Waals surface area contributed by atoms with Crippen LogP contribution >= 0.6 is 0 Å². The Hall–Kier alpha value is -4.06. The molecule has 2 N–H and O–H groups in total. The number of nitrogens with zero attached hydrogens (tertiary/aromatic N) is 1. The van der Waals surface area contributed by atoms with Gasteiger partial charge in [0.25, 0.3) is 11.7 Å². The molecular formula is C28H27NO5. The molecule has 6 heteroatoms. The number of Topliss-reactive ketones (excluding diaryl/α,β-unsaturated/α-hetero) is 1. The van der Waals surface area contributed by atoms with Crippen LogP contribution in [0.25, 0.3) is 5.76 Å². The number of aliphatic hydroxyl groups is 1. The van der Waals surface area contributed by atoms with E-state index in [2.05, 4.69) is 0 Å². The normalized spacial score (nSPS) is 17.2. The van der Waals surface area contributed by atoms with Crippen LogP contribution in [0.1, 0.15) is 36.1 Å². The fraction of sp³-hybridized carbons (Fsp3) is 0.214. The Balaban J connectivity index is 1.72. The maximum absolute atomic E-state index is 13.1. The number of benzene rings is 3. The second-order valence-electron chi connectivity index (χ2n) is 8.19. The molecule has 3 aromatic carbocycles. The van der Waals surface area contributed by atoms with Crippen molar-refractivity contribution in [1.29, 1.82) is 0 Å². The van der Waals surface area contributed by atoms with Crippen molar-refractivity contribution in [2.75, 3.05) is 13.2 Å². The summed E-state index contributed by atoms with van der Waals surface area (Å²) in [6.07, 6.45) is 1.44. The third kappa shape index (κ3) is 4.81. The fourth-order valence-electron chi connectivity index (χ4n) is 4.09. The molecular weight excluding hydrogens is 430 g/mol. The second-order valence-corrected chi connectivity index (χ2v) is 8.19. The fourth-order valence-corrected chi connectivity index (χ4v) is 4.09. The van der Waals surface area contributed by atoms with Crippen LogP contribution in [0.5, 0.6) is 11.5 Å². The van der Waals surface area contributed by atoms with Crippen molar-refractivity contribution in [3.63, 3.8) is 0 Å². The highest BCUT2D eigenvalue weighted by molar-refractivity contribution is 6.46. The van der Waals surface area contributed by atoms with E-state index in [0.29, 0.717) is 36.4 Å². The Labute approximate surface area is 198 Å². The number of phenolic OH excluding ortho intramolecular Hbond substituents is 1. The highest BCUT2D eigenvalue weighted by Crippen LogP contribution is 2.40. The Kier molecular flexibility index (Phi) is 6.97. The van der Waals surface area contributed by atoms with Gasteiger partial charge in [-0.25, -0.2) is 0 Å². The predicted molar refractivity (Wildman–Crippen MR) is 129 cm³/mol. The van der Waals surface area contributed by atoms with Gasteiger partial charge in [-0.15, -0.1) is 0 Å². The number of carbonyl (C=O) groups is 2. The molecule has 0 saturated carbocycles. The van der Waals surface area contributed by atoms with E-state index in [-0.39, 0.29) is 17.1 Å². The number of hydrogen-bond donors (Lipinski definition) is 2. The molecule has 0 radical (unpaired) electrons. The topological polar surface area (TPSA) is 87.1 Å². The van der Waals surface area contributed by atoms with E-state index in [9.17, 15) is 19.8 Å². The van der Waals surface area contributed by atoms with Gasteiger partial charge >= 0.3 is 0 Å². The molecule has 1 saturated heterocycles. The smallest absolute Gasteiger partial charge is 0.295 e. The molecule has 6 nitrogen and oxygen atoms in total. The SMILES string of the molecule is CCCOc1ccc(/C(O)=C2\C(=O)C(=O)N(CCc3ccccc3)C2c2ccc(O)cc2)cc1. The van der Waals surface area contributed by atoms with Crippen LogP contribution in [-0.2, 0) is 16.0 Å². The molecule has 0 spiro atoms. The summed E-state index contributed by atoms with van der Waals surface area (Å²) >= 11 is 0. The van der Waals surface area contributed by atoms with E-state index < -0.39 is 17.7 Å². The van der Waals surface area contributed by atoms with Crippen LogP contribution in [0.4, 0.5) is 0 Å². The minimum atomic E-state index is -0.764. The number of hydrogen-bond acceptors (Lipinski definition) is 5. The highest BCUT2D eigenvalue weighted by Gasteiger charge is 2.45.